The third-order valence-electron chi connectivity index (χ3n) is 1.47. The van der Waals surface area contributed by atoms with Gasteiger partial charge in [-0.1, -0.05) is 0 Å². The van der Waals surface area contributed by atoms with E-state index < -0.39 is 13.9 Å². The Kier molecular flexibility index (Phi) is 10.4. The van der Waals surface area contributed by atoms with Crippen molar-refractivity contribution in [2.75, 3.05) is 33.4 Å². The van der Waals surface area contributed by atoms with Crippen molar-refractivity contribution in [2.45, 2.75) is 6.10 Å². The van der Waals surface area contributed by atoms with E-state index in [2.05, 4.69) is 14.4 Å². The van der Waals surface area contributed by atoms with Crippen molar-refractivity contribution in [3.63, 3.8) is 0 Å². The minimum Gasteiger partial charge on any atom is -0.498 e. The molecule has 0 saturated heterocycles. The van der Waals surface area contributed by atoms with Crippen LogP contribution in [0.15, 0.2) is 10.3 Å². The van der Waals surface area contributed by atoms with Gasteiger partial charge in [-0.3, -0.25) is 9.05 Å². The van der Waals surface area contributed by atoms with E-state index in [1.165, 1.54) is 6.26 Å². The number of nitrogens with one attached hydrogen (secondary N) is 1. The largest absolute Gasteiger partial charge is 0.498 e. The fourth-order valence-corrected chi connectivity index (χ4v) is 1.70. The van der Waals surface area contributed by atoms with Crippen LogP contribution < -0.4 is 5.32 Å². The lowest BCUT2D eigenvalue weighted by atomic mass is 10.4. The third-order valence-corrected chi connectivity index (χ3v) is 2.75. The van der Waals surface area contributed by atoms with Gasteiger partial charge in [-0.05, 0) is 29.6 Å². The lowest BCUT2D eigenvalue weighted by Crippen LogP contribution is -2.20. The van der Waals surface area contributed by atoms with Gasteiger partial charge >= 0.3 is 7.82 Å². The average Bonchev–Trinajstić information content (AvgIpc) is 2.27. The number of rotatable bonds is 10. The van der Waals surface area contributed by atoms with Gasteiger partial charge < -0.3 is 20.1 Å². The van der Waals surface area contributed by atoms with E-state index in [0.717, 1.165) is 0 Å². The lowest BCUT2D eigenvalue weighted by molar-refractivity contribution is 0.0312. The first-order chi connectivity index (χ1) is 8.02. The van der Waals surface area contributed by atoms with Crippen LogP contribution in [0.3, 0.4) is 0 Å². The Morgan fingerprint density at radius 2 is 2.18 bits per heavy atom. The van der Waals surface area contributed by atoms with Crippen LogP contribution in [0.2, 0.25) is 0 Å². The molecule has 2 atom stereocenters. The van der Waals surface area contributed by atoms with E-state index in [4.69, 9.17) is 4.74 Å². The Bertz CT molecular complexity index is 264. The molecule has 0 spiro atoms. The van der Waals surface area contributed by atoms with E-state index in [-0.39, 0.29) is 19.8 Å². The smallest absolute Gasteiger partial charge is 0.472 e. The molecule has 17 heavy (non-hydrogen) atoms. The first-order valence-electron chi connectivity index (χ1n) is 4.83. The molecule has 0 aliphatic rings. The van der Waals surface area contributed by atoms with Crippen molar-refractivity contribution in [1.82, 2.24) is 5.32 Å². The van der Waals surface area contributed by atoms with Gasteiger partial charge in [0, 0.05) is 10.6 Å². The highest BCUT2D eigenvalue weighted by Gasteiger charge is 2.22. The Morgan fingerprint density at radius 1 is 1.47 bits per heavy atom. The second-order valence-corrected chi connectivity index (χ2v) is 5.12. The van der Waals surface area contributed by atoms with Crippen LogP contribution in [0.1, 0.15) is 0 Å². The predicted octanol–water partition coefficient (Wildman–Crippen LogP) is 0.623. The predicted molar refractivity (Wildman–Crippen MR) is 70.8 cm³/mol. The topological polar surface area (TPSA) is 97.3 Å². The summed E-state index contributed by atoms with van der Waals surface area (Å²) in [6, 6.07) is 0. The van der Waals surface area contributed by atoms with Crippen molar-refractivity contribution in [3.05, 3.63) is 10.3 Å². The quantitative estimate of drug-likeness (QED) is 0.221. The second-order valence-electron chi connectivity index (χ2n) is 2.95. The number of hydrogen-bond acceptors (Lipinski definition) is 6. The van der Waals surface area contributed by atoms with Gasteiger partial charge in [0.2, 0.25) is 0 Å². The first kappa shape index (κ1) is 17.3. The molecule has 102 valence electrons. The van der Waals surface area contributed by atoms with E-state index in [9.17, 15) is 14.6 Å². The van der Waals surface area contributed by atoms with Gasteiger partial charge in [0.25, 0.3) is 0 Å². The molecule has 1 unspecified atom stereocenters. The highest BCUT2D eigenvalue weighted by molar-refractivity contribution is 14.1. The molecule has 0 aromatic rings. The summed E-state index contributed by atoms with van der Waals surface area (Å²) < 4.78 is 26.9. The van der Waals surface area contributed by atoms with Crippen LogP contribution in [0.5, 0.6) is 0 Å². The summed E-state index contributed by atoms with van der Waals surface area (Å²) in [6.45, 7) is 0.132. The first-order valence-corrected chi connectivity index (χ1v) is 7.57. The number of aliphatic hydroxyl groups excluding tert-OH is 1. The Balaban J connectivity index is 3.72. The number of hydrogen-bond donors (Lipinski definition) is 3. The number of halogens is 1. The highest BCUT2D eigenvalue weighted by Crippen LogP contribution is 2.42. The van der Waals surface area contributed by atoms with Crippen molar-refractivity contribution in [2.24, 2.45) is 0 Å². The molecule has 7 nitrogen and oxygen atoms in total. The Labute approximate surface area is 114 Å². The summed E-state index contributed by atoms with van der Waals surface area (Å²) in [5.74, 6) is 0. The highest BCUT2D eigenvalue weighted by atomic mass is 127. The molecule has 0 bridgehead atoms. The zero-order chi connectivity index (χ0) is 13.1. The van der Waals surface area contributed by atoms with E-state index >= 15 is 0 Å². The fraction of sp³-hybridized carbons (Fsp3) is 0.750. The summed E-state index contributed by atoms with van der Waals surface area (Å²) in [7, 11) is -2.40. The monoisotopic (exact) mass is 381 g/mol. The van der Waals surface area contributed by atoms with Crippen molar-refractivity contribution in [3.8, 4) is 0 Å². The Hall–Kier alpha value is 0.300. The molecule has 9 heteroatoms. The van der Waals surface area contributed by atoms with Crippen molar-refractivity contribution >= 4 is 30.4 Å². The number of phosphoric acid groups is 1. The number of phosphoric ester groups is 1. The van der Waals surface area contributed by atoms with Crippen LogP contribution in [-0.2, 0) is 18.3 Å². The molecule has 0 heterocycles. The van der Waals surface area contributed by atoms with Crippen LogP contribution in [0.25, 0.3) is 0 Å². The minimum atomic E-state index is -4.09. The Morgan fingerprint density at radius 3 is 2.76 bits per heavy atom. The maximum Gasteiger partial charge on any atom is 0.472 e. The summed E-state index contributed by atoms with van der Waals surface area (Å²) in [4.78, 5) is 9.18. The second kappa shape index (κ2) is 10.2. The molecule has 0 saturated carbocycles. The molecular formula is C8H17INO6P. The molecule has 0 radical (unpaired) electrons. The van der Waals surface area contributed by atoms with Crippen LogP contribution in [0.4, 0.5) is 0 Å². The molecule has 3 N–H and O–H groups in total. The standard InChI is InChI=1S/C8H17INO6P/c1-10-3-5-15-17(12,13)16-7-8(11)6-14-4-2-9/h2,4,8,10-11H,3,5-7H2,1H3,(H,12,13)/b4-2+/t8-/m1/s1. The molecule has 0 aromatic heterocycles. The summed E-state index contributed by atoms with van der Waals surface area (Å²) >= 11 is 1.96. The van der Waals surface area contributed by atoms with Crippen molar-refractivity contribution in [1.29, 1.82) is 0 Å². The maximum atomic E-state index is 11.2. The zero-order valence-corrected chi connectivity index (χ0v) is 12.5. The van der Waals surface area contributed by atoms with Gasteiger partial charge in [-0.15, -0.1) is 0 Å². The average molecular weight is 381 g/mol. The van der Waals surface area contributed by atoms with Crippen molar-refractivity contribution < 1.29 is 28.3 Å². The molecule has 0 amide bonds. The van der Waals surface area contributed by atoms with Crippen LogP contribution in [0, 0.1) is 0 Å². The van der Waals surface area contributed by atoms with E-state index in [1.807, 2.05) is 22.6 Å². The summed E-state index contributed by atoms with van der Waals surface area (Å²) in [5.41, 5.74) is 0. The van der Waals surface area contributed by atoms with Gasteiger partial charge in [0.15, 0.2) is 0 Å². The number of ether oxygens (including phenoxy) is 1. The van der Waals surface area contributed by atoms with Crippen LogP contribution >= 0.6 is 30.4 Å². The fourth-order valence-electron chi connectivity index (χ4n) is 0.732. The molecule has 0 aliphatic carbocycles. The van der Waals surface area contributed by atoms with E-state index in [0.29, 0.717) is 6.54 Å². The van der Waals surface area contributed by atoms with Gasteiger partial charge in [0.05, 0.1) is 19.5 Å². The van der Waals surface area contributed by atoms with Gasteiger partial charge in [-0.25, -0.2) is 4.57 Å². The normalized spacial score (nSPS) is 16.9. The molecule has 0 fully saturated rings. The number of aliphatic hydroxyl groups is 1. The zero-order valence-electron chi connectivity index (χ0n) is 9.41. The molecule has 0 aromatic carbocycles. The molecular weight excluding hydrogens is 364 g/mol. The summed E-state index contributed by atoms with van der Waals surface area (Å²) in [5, 5.41) is 12.1. The molecule has 0 rings (SSSR count). The SMILES string of the molecule is CNCCOP(=O)(O)OC[C@H](O)CO/C=C/I. The summed E-state index contributed by atoms with van der Waals surface area (Å²) in [6.07, 6.45) is 0.405. The third kappa shape index (κ3) is 11.1. The lowest BCUT2D eigenvalue weighted by Gasteiger charge is -2.14. The van der Waals surface area contributed by atoms with Crippen LogP contribution in [-0.4, -0.2) is 49.5 Å². The maximum absolute atomic E-state index is 11.2. The molecule has 0 aliphatic heterocycles. The van der Waals surface area contributed by atoms with Gasteiger partial charge in [-0.2, -0.15) is 0 Å². The van der Waals surface area contributed by atoms with Gasteiger partial charge in [0.1, 0.15) is 12.7 Å². The number of likely N-dealkylation sites (N-methyl/N-ethyl adjacent to an activating group) is 1. The minimum absolute atomic E-state index is 0.0178. The van der Waals surface area contributed by atoms with E-state index in [1.54, 1.807) is 11.1 Å².